The summed E-state index contributed by atoms with van der Waals surface area (Å²) in [6, 6.07) is 0. The number of aliphatic hydroxyl groups excluding tert-OH is 1. The van der Waals surface area contributed by atoms with Gasteiger partial charge in [0, 0.05) is 34.7 Å². The molecular formula is C35H48O8. The van der Waals surface area contributed by atoms with Gasteiger partial charge < -0.3 is 19.7 Å². The van der Waals surface area contributed by atoms with E-state index in [-0.39, 0.29) is 35.8 Å². The van der Waals surface area contributed by atoms with Crippen LogP contribution in [0.15, 0.2) is 35.6 Å². The fourth-order valence-electron chi connectivity index (χ4n) is 9.53. The first-order valence-corrected chi connectivity index (χ1v) is 15.7. The van der Waals surface area contributed by atoms with Gasteiger partial charge in [0.2, 0.25) is 0 Å². The summed E-state index contributed by atoms with van der Waals surface area (Å²) >= 11 is 0. The van der Waals surface area contributed by atoms with E-state index in [0.29, 0.717) is 24.8 Å². The van der Waals surface area contributed by atoms with Crippen molar-refractivity contribution >= 4 is 23.3 Å². The van der Waals surface area contributed by atoms with Crippen LogP contribution in [0.2, 0.25) is 0 Å². The Bertz CT molecular complexity index is 1350. The van der Waals surface area contributed by atoms with Crippen LogP contribution in [-0.4, -0.2) is 57.4 Å². The van der Waals surface area contributed by atoms with Crippen molar-refractivity contribution in [2.45, 2.75) is 112 Å². The van der Waals surface area contributed by atoms with Gasteiger partial charge in [-0.1, -0.05) is 59.3 Å². The number of allylic oxidation sites excluding steroid dienone is 4. The molecule has 2 saturated carbocycles. The van der Waals surface area contributed by atoms with Gasteiger partial charge in [0.1, 0.15) is 11.9 Å². The third kappa shape index (κ3) is 4.37. The maximum absolute atomic E-state index is 14.5. The van der Waals surface area contributed by atoms with Crippen LogP contribution in [0.4, 0.5) is 0 Å². The van der Waals surface area contributed by atoms with Gasteiger partial charge in [-0.3, -0.25) is 19.2 Å². The molecule has 0 radical (unpaired) electrons. The van der Waals surface area contributed by atoms with Crippen molar-refractivity contribution in [1.29, 1.82) is 0 Å². The van der Waals surface area contributed by atoms with E-state index >= 15 is 0 Å². The molecule has 1 aliphatic heterocycles. The van der Waals surface area contributed by atoms with Crippen LogP contribution < -0.4 is 0 Å². The van der Waals surface area contributed by atoms with Gasteiger partial charge in [-0.25, -0.2) is 0 Å². The van der Waals surface area contributed by atoms with Crippen molar-refractivity contribution in [1.82, 2.24) is 0 Å². The molecule has 0 bridgehead atoms. The molecule has 0 aromatic rings. The summed E-state index contributed by atoms with van der Waals surface area (Å²) < 4.78 is 12.2. The first-order chi connectivity index (χ1) is 19.8. The van der Waals surface area contributed by atoms with E-state index in [4.69, 9.17) is 9.47 Å². The Labute approximate surface area is 255 Å². The average Bonchev–Trinajstić information content (AvgIpc) is 3.26. The topological polar surface area (TPSA) is 127 Å². The highest BCUT2D eigenvalue weighted by molar-refractivity contribution is 6.01. The number of ether oxygens (including phenoxy) is 2. The summed E-state index contributed by atoms with van der Waals surface area (Å²) in [6.45, 7) is 16.6. The molecule has 0 saturated heterocycles. The third-order valence-electron chi connectivity index (χ3n) is 12.1. The molecule has 10 atom stereocenters. The molecule has 2 fully saturated rings. The molecule has 5 rings (SSSR count). The lowest BCUT2D eigenvalue weighted by Gasteiger charge is -2.65. The molecule has 5 aliphatic rings. The Morgan fingerprint density at radius 1 is 1.16 bits per heavy atom. The molecule has 0 aromatic carbocycles. The Morgan fingerprint density at radius 2 is 1.81 bits per heavy atom. The Hall–Kier alpha value is -2.58. The summed E-state index contributed by atoms with van der Waals surface area (Å²) in [6.07, 6.45) is 5.38. The van der Waals surface area contributed by atoms with E-state index in [1.165, 1.54) is 20.1 Å². The molecule has 8 heteroatoms. The van der Waals surface area contributed by atoms with Crippen LogP contribution in [0.25, 0.3) is 0 Å². The number of ketones is 3. The molecule has 236 valence electrons. The summed E-state index contributed by atoms with van der Waals surface area (Å²) in [7, 11) is 0. The van der Waals surface area contributed by atoms with E-state index < -0.39 is 63.2 Å². The second kappa shape index (κ2) is 9.96. The highest BCUT2D eigenvalue weighted by atomic mass is 16.5. The van der Waals surface area contributed by atoms with E-state index in [0.717, 1.165) is 5.57 Å². The fraction of sp³-hybridized carbons (Fsp3) is 0.714. The Morgan fingerprint density at radius 3 is 2.42 bits per heavy atom. The van der Waals surface area contributed by atoms with Crippen molar-refractivity contribution in [3.8, 4) is 0 Å². The quantitative estimate of drug-likeness (QED) is 0.346. The predicted octanol–water partition coefficient (Wildman–Crippen LogP) is 4.67. The van der Waals surface area contributed by atoms with Crippen molar-refractivity contribution in [3.05, 3.63) is 35.6 Å². The Kier molecular flexibility index (Phi) is 7.38. The van der Waals surface area contributed by atoms with Crippen LogP contribution in [-0.2, 0) is 28.7 Å². The average molecular weight is 597 g/mol. The summed E-state index contributed by atoms with van der Waals surface area (Å²) in [5.41, 5.74) is -3.34. The number of rotatable bonds is 5. The van der Waals surface area contributed by atoms with E-state index in [1.807, 2.05) is 47.6 Å². The van der Waals surface area contributed by atoms with Gasteiger partial charge in [0.05, 0.1) is 23.2 Å². The SMILES string of the molecule is CC[C@@H](C)C(=O)O[C@@H]1C[C@]2(C)C(=CC[C@H]2C2=CO[C@@H](C(C)(C)O)[C@H](O)C2=O)[C@]2(C)C(=O)C[C@H]3C(C)(C)C(=O)C=C[C@]3(C)[C@@H]12. The van der Waals surface area contributed by atoms with E-state index in [2.05, 4.69) is 13.0 Å². The number of hydrogen-bond acceptors (Lipinski definition) is 8. The molecule has 8 nitrogen and oxygen atoms in total. The maximum Gasteiger partial charge on any atom is 0.308 e. The maximum atomic E-state index is 14.5. The lowest BCUT2D eigenvalue weighted by Crippen LogP contribution is -2.67. The normalized spacial score (nSPS) is 42.6. The second-order valence-electron chi connectivity index (χ2n) is 15.6. The van der Waals surface area contributed by atoms with Crippen LogP contribution in [0.3, 0.4) is 0 Å². The molecule has 43 heavy (non-hydrogen) atoms. The molecule has 0 aromatic heterocycles. The molecule has 4 aliphatic carbocycles. The number of carbonyl (C=O) groups excluding carboxylic acids is 4. The number of fused-ring (bicyclic) bond motifs is 5. The monoisotopic (exact) mass is 596 g/mol. The van der Waals surface area contributed by atoms with Gasteiger partial charge >= 0.3 is 5.97 Å². The molecule has 1 heterocycles. The van der Waals surface area contributed by atoms with Crippen LogP contribution >= 0.6 is 0 Å². The molecule has 0 spiro atoms. The second-order valence-corrected chi connectivity index (χ2v) is 15.6. The summed E-state index contributed by atoms with van der Waals surface area (Å²) in [5, 5.41) is 21.4. The highest BCUT2D eigenvalue weighted by Gasteiger charge is 2.71. The zero-order valence-corrected chi connectivity index (χ0v) is 27.0. The van der Waals surface area contributed by atoms with Gasteiger partial charge in [-0.15, -0.1) is 0 Å². The van der Waals surface area contributed by atoms with Gasteiger partial charge in [0.25, 0.3) is 0 Å². The number of hydrogen-bond donors (Lipinski definition) is 2. The van der Waals surface area contributed by atoms with Crippen molar-refractivity contribution in [3.63, 3.8) is 0 Å². The largest absolute Gasteiger partial charge is 0.491 e. The minimum Gasteiger partial charge on any atom is -0.491 e. The zero-order chi connectivity index (χ0) is 32.1. The molecule has 0 amide bonds. The Balaban J connectivity index is 1.64. The van der Waals surface area contributed by atoms with E-state index in [1.54, 1.807) is 6.08 Å². The minimum absolute atomic E-state index is 0.00834. The van der Waals surface area contributed by atoms with Crippen molar-refractivity contribution < 1.29 is 38.9 Å². The third-order valence-corrected chi connectivity index (χ3v) is 12.1. The first-order valence-electron chi connectivity index (χ1n) is 15.7. The number of Topliss-reactive ketones (excluding diaryl/α,β-unsaturated/α-hetero) is 2. The smallest absolute Gasteiger partial charge is 0.308 e. The lowest BCUT2D eigenvalue weighted by molar-refractivity contribution is -0.190. The molecular weight excluding hydrogens is 548 g/mol. The van der Waals surface area contributed by atoms with Crippen LogP contribution in [0, 0.1) is 45.3 Å². The van der Waals surface area contributed by atoms with Gasteiger partial charge in [-0.05, 0) is 57.4 Å². The fourth-order valence-corrected chi connectivity index (χ4v) is 9.53. The zero-order valence-electron chi connectivity index (χ0n) is 27.0. The summed E-state index contributed by atoms with van der Waals surface area (Å²) in [4.78, 5) is 54.6. The van der Waals surface area contributed by atoms with Crippen LogP contribution in [0.5, 0.6) is 0 Å². The summed E-state index contributed by atoms with van der Waals surface area (Å²) in [5.74, 6) is -2.26. The molecule has 0 unspecified atom stereocenters. The van der Waals surface area contributed by atoms with Gasteiger partial charge in [0.15, 0.2) is 23.8 Å². The molecule has 2 N–H and O–H groups in total. The van der Waals surface area contributed by atoms with Crippen LogP contribution in [0.1, 0.15) is 88.0 Å². The minimum atomic E-state index is -1.54. The predicted molar refractivity (Wildman–Crippen MR) is 159 cm³/mol. The lowest BCUT2D eigenvalue weighted by atomic mass is 9.38. The van der Waals surface area contributed by atoms with Crippen molar-refractivity contribution in [2.24, 2.45) is 45.3 Å². The van der Waals surface area contributed by atoms with Gasteiger partial charge in [-0.2, -0.15) is 0 Å². The number of aliphatic hydroxyl groups is 2. The number of esters is 1. The highest BCUT2D eigenvalue weighted by Crippen LogP contribution is 2.71. The van der Waals surface area contributed by atoms with Crippen molar-refractivity contribution in [2.75, 3.05) is 0 Å². The van der Waals surface area contributed by atoms with E-state index in [9.17, 15) is 29.4 Å². The standard InChI is InChI=1S/C35H48O8/c1-10-18(2)30(40)43-21-16-34(8)20(19-17-42-29(32(5,6)41)27(39)26(19)38)11-12-22(34)35(9)25(37)15-23-31(3,4)24(36)13-14-33(23,7)28(21)35/h12-14,17-18,20-21,23,27-29,39,41H,10-11,15-16H2,1-9H3/t18-,20+,21-,23+,27-,28-,29-,33+,34+,35-/m1/s1. The number of carbonyl (C=O) groups is 4. The first kappa shape index (κ1) is 31.8.